The largest absolute Gasteiger partial charge is 0.493 e. The van der Waals surface area contributed by atoms with Gasteiger partial charge in [0.2, 0.25) is 0 Å². The van der Waals surface area contributed by atoms with Gasteiger partial charge >= 0.3 is 5.97 Å². The van der Waals surface area contributed by atoms with Crippen LogP contribution >= 0.6 is 31.9 Å². The van der Waals surface area contributed by atoms with E-state index in [4.69, 9.17) is 14.5 Å². The lowest BCUT2D eigenvalue weighted by Gasteiger charge is -2.22. The van der Waals surface area contributed by atoms with Gasteiger partial charge in [-0.25, -0.2) is 9.78 Å². The predicted molar refractivity (Wildman–Crippen MR) is 141 cm³/mol. The topological polar surface area (TPSA) is 92.0 Å². The van der Waals surface area contributed by atoms with E-state index < -0.39 is 5.97 Å². The van der Waals surface area contributed by atoms with Crippen LogP contribution in [0.1, 0.15) is 49.4 Å². The summed E-state index contributed by atoms with van der Waals surface area (Å²) in [6, 6.07) is 9.01. The van der Waals surface area contributed by atoms with Crippen LogP contribution in [0.5, 0.6) is 11.5 Å². The van der Waals surface area contributed by atoms with Crippen molar-refractivity contribution in [3.8, 4) is 11.5 Å². The summed E-state index contributed by atoms with van der Waals surface area (Å²) in [6.45, 7) is -0.253. The van der Waals surface area contributed by atoms with Crippen LogP contribution in [0.4, 0.5) is 0 Å². The number of hydrogen-bond acceptors (Lipinski definition) is 7. The number of halogens is 2. The van der Waals surface area contributed by atoms with Gasteiger partial charge in [0.1, 0.15) is 5.82 Å². The molecule has 35 heavy (non-hydrogen) atoms. The Bertz CT molecular complexity index is 1330. The second kappa shape index (κ2) is 11.3. The maximum Gasteiger partial charge on any atom is 0.343 e. The molecule has 184 valence electrons. The molecule has 0 saturated heterocycles. The molecule has 1 fully saturated rings. The lowest BCUT2D eigenvalue weighted by atomic mass is 9.88. The van der Waals surface area contributed by atoms with Gasteiger partial charge in [0.15, 0.2) is 18.1 Å². The number of carbonyl (C=O) groups excluding carboxylic acids is 1. The monoisotopic (exact) mass is 605 g/mol. The molecule has 0 aliphatic heterocycles. The van der Waals surface area contributed by atoms with Crippen molar-refractivity contribution >= 4 is 54.9 Å². The molecule has 0 amide bonds. The van der Waals surface area contributed by atoms with Gasteiger partial charge in [-0.3, -0.25) is 4.79 Å². The molecule has 1 aliphatic carbocycles. The number of rotatable bonds is 7. The van der Waals surface area contributed by atoms with Crippen LogP contribution in [0.25, 0.3) is 10.9 Å². The lowest BCUT2D eigenvalue weighted by molar-refractivity contribution is -0.142. The number of hydrogen-bond donors (Lipinski definition) is 0. The van der Waals surface area contributed by atoms with Crippen LogP contribution in [0, 0.1) is 0 Å². The van der Waals surface area contributed by atoms with Crippen LogP contribution in [-0.2, 0) is 9.53 Å². The molecule has 0 spiro atoms. The summed E-state index contributed by atoms with van der Waals surface area (Å²) in [5, 5.41) is 5.08. The van der Waals surface area contributed by atoms with E-state index in [0.717, 1.165) is 30.2 Å². The maximum atomic E-state index is 13.5. The zero-order valence-electron chi connectivity index (χ0n) is 19.4. The molecule has 0 atom stereocenters. The Morgan fingerprint density at radius 3 is 2.66 bits per heavy atom. The smallest absolute Gasteiger partial charge is 0.343 e. The van der Waals surface area contributed by atoms with Gasteiger partial charge in [-0.1, -0.05) is 35.2 Å². The molecule has 8 nitrogen and oxygen atoms in total. The van der Waals surface area contributed by atoms with Gasteiger partial charge in [0.05, 0.1) is 35.8 Å². The lowest BCUT2D eigenvalue weighted by Crippen LogP contribution is -2.25. The van der Waals surface area contributed by atoms with Crippen molar-refractivity contribution in [2.45, 2.75) is 38.0 Å². The molecular weight excluding hydrogens is 582 g/mol. The summed E-state index contributed by atoms with van der Waals surface area (Å²) < 4.78 is 18.4. The SMILES string of the molecule is COC(=O)COc1c(Br)cc(C=Nn2c(C3CCCCC3)nc3ccc(Br)cc3c2=O)cc1OC. The quantitative estimate of drug-likeness (QED) is 0.264. The van der Waals surface area contributed by atoms with Crippen molar-refractivity contribution in [1.29, 1.82) is 0 Å². The molecule has 1 aromatic heterocycles. The van der Waals surface area contributed by atoms with Gasteiger partial charge in [-0.2, -0.15) is 9.78 Å². The van der Waals surface area contributed by atoms with Gasteiger partial charge in [0, 0.05) is 10.4 Å². The van der Waals surface area contributed by atoms with Crippen molar-refractivity contribution in [1.82, 2.24) is 9.66 Å². The summed E-state index contributed by atoms with van der Waals surface area (Å²) in [6.07, 6.45) is 6.98. The van der Waals surface area contributed by atoms with Gasteiger partial charge in [0.25, 0.3) is 5.56 Å². The van der Waals surface area contributed by atoms with Crippen LogP contribution in [0.15, 0.2) is 49.2 Å². The third-order valence-electron chi connectivity index (χ3n) is 5.94. The number of methoxy groups -OCH3 is 2. The molecule has 1 heterocycles. The number of ether oxygens (including phenoxy) is 3. The summed E-state index contributed by atoms with van der Waals surface area (Å²) >= 11 is 6.91. The average molecular weight is 607 g/mol. The van der Waals surface area contributed by atoms with Crippen molar-refractivity contribution in [3.05, 3.63) is 61.0 Å². The minimum absolute atomic E-state index is 0.178. The molecule has 0 N–H and O–H groups in total. The van der Waals surface area contributed by atoms with Crippen molar-refractivity contribution in [2.24, 2.45) is 5.10 Å². The normalized spacial score (nSPS) is 14.4. The first-order valence-electron chi connectivity index (χ1n) is 11.2. The first-order valence-corrected chi connectivity index (χ1v) is 12.8. The zero-order chi connectivity index (χ0) is 24.9. The van der Waals surface area contributed by atoms with Crippen LogP contribution < -0.4 is 15.0 Å². The Labute approximate surface area is 219 Å². The van der Waals surface area contributed by atoms with Crippen LogP contribution in [-0.4, -0.2) is 42.7 Å². The molecule has 0 bridgehead atoms. The Morgan fingerprint density at radius 2 is 1.94 bits per heavy atom. The van der Waals surface area contributed by atoms with E-state index in [1.54, 1.807) is 24.4 Å². The highest BCUT2D eigenvalue weighted by Gasteiger charge is 2.22. The molecule has 1 saturated carbocycles. The predicted octanol–water partition coefficient (Wildman–Crippen LogP) is 5.41. The summed E-state index contributed by atoms with van der Waals surface area (Å²) in [5.74, 6) is 1.13. The molecule has 10 heteroatoms. The number of carbonyl (C=O) groups is 1. The Kier molecular flexibility index (Phi) is 8.22. The fraction of sp³-hybridized carbons (Fsp3) is 0.360. The van der Waals surface area contributed by atoms with E-state index >= 15 is 0 Å². The summed E-state index contributed by atoms with van der Waals surface area (Å²) in [7, 11) is 2.80. The van der Waals surface area contributed by atoms with Crippen molar-refractivity contribution in [3.63, 3.8) is 0 Å². The molecule has 0 unspecified atom stereocenters. The van der Waals surface area contributed by atoms with Crippen LogP contribution in [0.2, 0.25) is 0 Å². The highest BCUT2D eigenvalue weighted by atomic mass is 79.9. The standard InChI is InChI=1S/C25H25Br2N3O5/c1-33-21-11-15(10-19(27)23(21)35-14-22(31)34-2)13-28-30-24(16-6-4-3-5-7-16)29-20-9-8-17(26)12-18(20)25(30)32/h8-13,16H,3-7,14H2,1-2H3. The third-order valence-corrected chi connectivity index (χ3v) is 7.02. The second-order valence-electron chi connectivity index (χ2n) is 8.23. The number of esters is 1. The highest BCUT2D eigenvalue weighted by Crippen LogP contribution is 2.36. The number of aromatic nitrogens is 2. The van der Waals surface area contributed by atoms with E-state index in [1.165, 1.54) is 25.3 Å². The van der Waals surface area contributed by atoms with Crippen LogP contribution in [0.3, 0.4) is 0 Å². The molecule has 0 radical (unpaired) electrons. The Balaban J connectivity index is 1.75. The van der Waals surface area contributed by atoms with Crippen molar-refractivity contribution < 1.29 is 19.0 Å². The average Bonchev–Trinajstić information content (AvgIpc) is 2.87. The molecule has 1 aliphatic rings. The first kappa shape index (κ1) is 25.4. The Morgan fingerprint density at radius 1 is 1.17 bits per heavy atom. The number of nitrogens with zero attached hydrogens (tertiary/aromatic N) is 3. The highest BCUT2D eigenvalue weighted by molar-refractivity contribution is 9.10. The van der Waals surface area contributed by atoms with Gasteiger partial charge in [-0.15, -0.1) is 0 Å². The molecule has 2 aromatic carbocycles. The van der Waals surface area contributed by atoms with E-state index in [9.17, 15) is 9.59 Å². The number of benzene rings is 2. The van der Waals surface area contributed by atoms with E-state index in [2.05, 4.69) is 41.7 Å². The zero-order valence-corrected chi connectivity index (χ0v) is 22.6. The van der Waals surface area contributed by atoms with E-state index in [1.807, 2.05) is 12.1 Å². The van der Waals surface area contributed by atoms with E-state index in [0.29, 0.717) is 38.3 Å². The summed E-state index contributed by atoms with van der Waals surface area (Å²) in [5.41, 5.74) is 1.13. The minimum atomic E-state index is -0.505. The number of fused-ring (bicyclic) bond motifs is 1. The van der Waals surface area contributed by atoms with Gasteiger partial charge in [-0.05, 0) is 64.7 Å². The summed E-state index contributed by atoms with van der Waals surface area (Å²) in [4.78, 5) is 29.8. The molecule has 4 rings (SSSR count). The minimum Gasteiger partial charge on any atom is -0.493 e. The molecule has 3 aromatic rings. The molecular formula is C25H25Br2N3O5. The Hall–Kier alpha value is -2.72. The third kappa shape index (κ3) is 5.75. The second-order valence-corrected chi connectivity index (χ2v) is 10.00. The van der Waals surface area contributed by atoms with Crippen molar-refractivity contribution in [2.75, 3.05) is 20.8 Å². The maximum absolute atomic E-state index is 13.5. The fourth-order valence-corrected chi connectivity index (χ4v) is 5.11. The fourth-order valence-electron chi connectivity index (χ4n) is 4.17. The van der Waals surface area contributed by atoms with Gasteiger partial charge < -0.3 is 14.2 Å². The first-order chi connectivity index (χ1) is 16.9. The van der Waals surface area contributed by atoms with E-state index in [-0.39, 0.29) is 18.1 Å².